The van der Waals surface area contributed by atoms with Crippen LogP contribution in [0.1, 0.15) is 25.7 Å². The third-order valence-corrected chi connectivity index (χ3v) is 4.42. The van der Waals surface area contributed by atoms with Gasteiger partial charge in [-0.15, -0.1) is 0 Å². The van der Waals surface area contributed by atoms with Crippen LogP contribution in [0.5, 0.6) is 0 Å². The summed E-state index contributed by atoms with van der Waals surface area (Å²) in [5.41, 5.74) is 0. The highest BCUT2D eigenvalue weighted by atomic mass is 32.2. The molecule has 0 aromatic carbocycles. The monoisotopic (exact) mass is 218 g/mol. The molecule has 0 spiro atoms. The fourth-order valence-electron chi connectivity index (χ4n) is 1.58. The summed E-state index contributed by atoms with van der Waals surface area (Å²) < 4.78 is 24.9. The Hall–Kier alpha value is -0.620. The molecule has 0 bridgehead atoms. The van der Waals surface area contributed by atoms with Crippen LogP contribution in [0.2, 0.25) is 0 Å². The summed E-state index contributed by atoms with van der Waals surface area (Å²) in [6.45, 7) is 0.793. The van der Waals surface area contributed by atoms with Crippen LogP contribution in [0.3, 0.4) is 0 Å². The van der Waals surface area contributed by atoms with E-state index in [2.05, 4.69) is 10.0 Å². The Kier molecular flexibility index (Phi) is 2.48. The Bertz CT molecular complexity index is 328. The first kappa shape index (κ1) is 9.92. The Morgan fingerprint density at radius 1 is 1.29 bits per heavy atom. The zero-order valence-corrected chi connectivity index (χ0v) is 8.64. The molecule has 14 heavy (non-hydrogen) atoms. The normalized spacial score (nSPS) is 27.6. The summed E-state index contributed by atoms with van der Waals surface area (Å²) in [5, 5.41) is 2.64. The Labute approximate surface area is 83.3 Å². The van der Waals surface area contributed by atoms with Gasteiger partial charge >= 0.3 is 0 Å². The summed E-state index contributed by atoms with van der Waals surface area (Å²) in [6, 6.07) is -0.316. The Morgan fingerprint density at radius 2 is 2.00 bits per heavy atom. The lowest BCUT2D eigenvalue weighted by Gasteiger charge is -2.10. The van der Waals surface area contributed by atoms with Crippen LogP contribution in [0.4, 0.5) is 0 Å². The number of carbonyl (C=O) groups is 1. The van der Waals surface area contributed by atoms with Gasteiger partial charge in [-0.1, -0.05) is 0 Å². The number of carbonyl (C=O) groups excluding carboxylic acids is 1. The predicted molar refractivity (Wildman–Crippen MR) is 51.1 cm³/mol. The van der Waals surface area contributed by atoms with Gasteiger partial charge in [0.2, 0.25) is 10.0 Å². The van der Waals surface area contributed by atoms with E-state index in [1.54, 1.807) is 0 Å². The standard InChI is InChI=1S/C8H14N2O3S/c11-8(7-2-1-5-9-7)10-14(12,13)6-3-4-6/h6-7,9H,1-5H2,(H,10,11)/t7-/m0/s1. The first-order valence-corrected chi connectivity index (χ1v) is 6.43. The molecule has 0 aromatic heterocycles. The Morgan fingerprint density at radius 3 is 2.50 bits per heavy atom. The topological polar surface area (TPSA) is 75.3 Å². The molecule has 1 heterocycles. The van der Waals surface area contributed by atoms with Crippen molar-refractivity contribution >= 4 is 15.9 Å². The smallest absolute Gasteiger partial charge is 0.250 e. The van der Waals surface area contributed by atoms with Gasteiger partial charge in [0.05, 0.1) is 11.3 Å². The van der Waals surface area contributed by atoms with Crippen LogP contribution < -0.4 is 10.0 Å². The zero-order chi connectivity index (χ0) is 10.2. The number of hydrogen-bond donors (Lipinski definition) is 2. The van der Waals surface area contributed by atoms with Crippen molar-refractivity contribution in [3.63, 3.8) is 0 Å². The molecule has 1 saturated heterocycles. The molecule has 2 rings (SSSR count). The number of amides is 1. The van der Waals surface area contributed by atoms with Crippen molar-refractivity contribution in [2.24, 2.45) is 0 Å². The van der Waals surface area contributed by atoms with Crippen LogP contribution >= 0.6 is 0 Å². The highest BCUT2D eigenvalue weighted by Gasteiger charge is 2.38. The molecule has 6 heteroatoms. The summed E-state index contributed by atoms with van der Waals surface area (Å²) in [5.74, 6) is -0.394. The lowest BCUT2D eigenvalue weighted by molar-refractivity contribution is -0.121. The first-order chi connectivity index (χ1) is 6.59. The van der Waals surface area contributed by atoms with Crippen LogP contribution in [-0.2, 0) is 14.8 Å². The van der Waals surface area contributed by atoms with E-state index in [9.17, 15) is 13.2 Å². The fourth-order valence-corrected chi connectivity index (χ4v) is 2.93. The van der Waals surface area contributed by atoms with Crippen LogP contribution in [0.25, 0.3) is 0 Å². The van der Waals surface area contributed by atoms with Gasteiger partial charge in [0.1, 0.15) is 0 Å². The molecule has 1 aliphatic heterocycles. The molecule has 1 aliphatic carbocycles. The van der Waals surface area contributed by atoms with E-state index in [0.29, 0.717) is 12.8 Å². The van der Waals surface area contributed by atoms with Gasteiger partial charge in [0.15, 0.2) is 0 Å². The molecule has 2 N–H and O–H groups in total. The molecule has 1 amide bonds. The average molecular weight is 218 g/mol. The van der Waals surface area contributed by atoms with Crippen LogP contribution in [-0.4, -0.2) is 32.2 Å². The Balaban J connectivity index is 1.93. The van der Waals surface area contributed by atoms with Gasteiger partial charge in [0, 0.05) is 0 Å². The highest BCUT2D eigenvalue weighted by Crippen LogP contribution is 2.27. The molecular formula is C8H14N2O3S. The summed E-state index contributed by atoms with van der Waals surface area (Å²) in [7, 11) is -3.36. The summed E-state index contributed by atoms with van der Waals surface area (Å²) in [6.07, 6.45) is 3.02. The zero-order valence-electron chi connectivity index (χ0n) is 7.82. The van der Waals surface area contributed by atoms with Crippen molar-refractivity contribution in [1.29, 1.82) is 0 Å². The van der Waals surface area contributed by atoms with Gasteiger partial charge in [-0.3, -0.25) is 9.52 Å². The van der Waals surface area contributed by atoms with Crippen molar-refractivity contribution in [1.82, 2.24) is 10.0 Å². The van der Waals surface area contributed by atoms with Gasteiger partial charge < -0.3 is 5.32 Å². The molecule has 80 valence electrons. The van der Waals surface area contributed by atoms with Crippen molar-refractivity contribution in [2.75, 3.05) is 6.54 Å². The van der Waals surface area contributed by atoms with Crippen LogP contribution in [0.15, 0.2) is 0 Å². The molecule has 0 aromatic rings. The second-order valence-corrected chi connectivity index (χ2v) is 5.82. The second kappa shape index (κ2) is 3.51. The SMILES string of the molecule is O=C(NS(=O)(=O)C1CC1)[C@@H]1CCCN1. The highest BCUT2D eigenvalue weighted by molar-refractivity contribution is 7.90. The lowest BCUT2D eigenvalue weighted by atomic mass is 10.2. The van der Waals surface area contributed by atoms with E-state index in [1.165, 1.54) is 0 Å². The van der Waals surface area contributed by atoms with Gasteiger partial charge in [-0.25, -0.2) is 8.42 Å². The molecule has 1 atom stereocenters. The van der Waals surface area contributed by atoms with Crippen molar-refractivity contribution in [2.45, 2.75) is 37.0 Å². The minimum atomic E-state index is -3.36. The lowest BCUT2D eigenvalue weighted by Crippen LogP contribution is -2.44. The average Bonchev–Trinajstić information content (AvgIpc) is 2.82. The number of rotatable bonds is 3. The minimum Gasteiger partial charge on any atom is -0.306 e. The van der Waals surface area contributed by atoms with Crippen molar-refractivity contribution in [3.8, 4) is 0 Å². The van der Waals surface area contributed by atoms with E-state index in [4.69, 9.17) is 0 Å². The second-order valence-electron chi connectivity index (χ2n) is 3.86. The van der Waals surface area contributed by atoms with E-state index >= 15 is 0 Å². The van der Waals surface area contributed by atoms with Crippen LogP contribution in [0, 0.1) is 0 Å². The minimum absolute atomic E-state index is 0.316. The molecule has 1 saturated carbocycles. The van der Waals surface area contributed by atoms with E-state index in [0.717, 1.165) is 19.4 Å². The molecule has 2 fully saturated rings. The van der Waals surface area contributed by atoms with Crippen molar-refractivity contribution in [3.05, 3.63) is 0 Å². The van der Waals surface area contributed by atoms with E-state index in [-0.39, 0.29) is 11.3 Å². The van der Waals surface area contributed by atoms with E-state index < -0.39 is 15.9 Å². The third kappa shape index (κ3) is 2.06. The molecule has 5 nitrogen and oxygen atoms in total. The number of sulfonamides is 1. The third-order valence-electron chi connectivity index (χ3n) is 2.58. The van der Waals surface area contributed by atoms with Gasteiger partial charge in [-0.05, 0) is 32.2 Å². The molecule has 0 radical (unpaired) electrons. The maximum atomic E-state index is 11.4. The summed E-state index contributed by atoms with van der Waals surface area (Å²) in [4.78, 5) is 11.4. The summed E-state index contributed by atoms with van der Waals surface area (Å²) >= 11 is 0. The van der Waals surface area contributed by atoms with Gasteiger partial charge in [-0.2, -0.15) is 0 Å². The van der Waals surface area contributed by atoms with Crippen molar-refractivity contribution < 1.29 is 13.2 Å². The maximum Gasteiger partial charge on any atom is 0.250 e. The van der Waals surface area contributed by atoms with E-state index in [1.807, 2.05) is 0 Å². The fraction of sp³-hybridized carbons (Fsp3) is 0.875. The quantitative estimate of drug-likeness (QED) is 0.660. The first-order valence-electron chi connectivity index (χ1n) is 4.88. The maximum absolute atomic E-state index is 11.4. The number of nitrogens with one attached hydrogen (secondary N) is 2. The predicted octanol–water partition coefficient (Wildman–Crippen LogP) is -0.653. The number of hydrogen-bond acceptors (Lipinski definition) is 4. The molecule has 2 aliphatic rings. The van der Waals surface area contributed by atoms with Gasteiger partial charge in [0.25, 0.3) is 5.91 Å². The molecule has 0 unspecified atom stereocenters. The largest absolute Gasteiger partial charge is 0.306 e. The molecular weight excluding hydrogens is 204 g/mol.